The molecule has 24 heavy (non-hydrogen) atoms. The van der Waals surface area contributed by atoms with Crippen LogP contribution in [0.1, 0.15) is 28.9 Å². The summed E-state index contributed by atoms with van der Waals surface area (Å²) in [6.07, 6.45) is 2.30. The molecule has 5 nitrogen and oxygen atoms in total. The summed E-state index contributed by atoms with van der Waals surface area (Å²) < 4.78 is 33.1. The van der Waals surface area contributed by atoms with Crippen LogP contribution in [0.3, 0.4) is 0 Å². The Balaban J connectivity index is 2.02. The molecule has 0 fully saturated rings. The van der Waals surface area contributed by atoms with Crippen molar-refractivity contribution in [3.63, 3.8) is 0 Å². The van der Waals surface area contributed by atoms with Crippen LogP contribution in [-0.2, 0) is 13.0 Å². The minimum atomic E-state index is -1.05. The number of hydrogen-bond donors (Lipinski definition) is 1. The van der Waals surface area contributed by atoms with Gasteiger partial charge in [0.15, 0.2) is 11.6 Å². The molecule has 0 bridgehead atoms. The van der Waals surface area contributed by atoms with Crippen LogP contribution in [0.4, 0.5) is 14.5 Å². The van der Waals surface area contributed by atoms with Crippen molar-refractivity contribution in [3.05, 3.63) is 57.5 Å². The topological polar surface area (TPSA) is 60.3 Å². The van der Waals surface area contributed by atoms with Gasteiger partial charge >= 0.3 is 0 Å². The second-order valence-corrected chi connectivity index (χ2v) is 5.56. The van der Waals surface area contributed by atoms with Crippen LogP contribution in [0.5, 0.6) is 5.75 Å². The molecule has 1 aliphatic rings. The summed E-state index contributed by atoms with van der Waals surface area (Å²) in [5.41, 5.74) is 0.764. The molecule has 0 saturated heterocycles. The predicted molar refractivity (Wildman–Crippen MR) is 84.5 cm³/mol. The van der Waals surface area contributed by atoms with E-state index in [9.17, 15) is 18.4 Å². The van der Waals surface area contributed by atoms with Crippen molar-refractivity contribution in [1.82, 2.24) is 4.57 Å². The number of anilines is 1. The zero-order valence-electron chi connectivity index (χ0n) is 13.1. The Kier molecular flexibility index (Phi) is 4.33. The van der Waals surface area contributed by atoms with Gasteiger partial charge in [-0.05, 0) is 31.4 Å². The van der Waals surface area contributed by atoms with E-state index in [1.807, 2.05) is 0 Å². The van der Waals surface area contributed by atoms with Crippen molar-refractivity contribution in [3.8, 4) is 5.75 Å². The minimum Gasteiger partial charge on any atom is -0.496 e. The minimum absolute atomic E-state index is 0.127. The van der Waals surface area contributed by atoms with Gasteiger partial charge in [-0.15, -0.1) is 0 Å². The fourth-order valence-corrected chi connectivity index (χ4v) is 2.91. The normalized spacial score (nSPS) is 13.3. The number of benzene rings is 1. The van der Waals surface area contributed by atoms with Crippen LogP contribution < -0.4 is 15.6 Å². The summed E-state index contributed by atoms with van der Waals surface area (Å²) in [4.78, 5) is 24.8. The zero-order chi connectivity index (χ0) is 17.3. The molecule has 7 heteroatoms. The van der Waals surface area contributed by atoms with Gasteiger partial charge in [-0.3, -0.25) is 9.59 Å². The first-order chi connectivity index (χ1) is 11.5. The Labute approximate surface area is 136 Å². The number of fused-ring (bicyclic) bond motifs is 1. The molecule has 0 spiro atoms. The molecule has 1 aromatic carbocycles. The standard InChI is InChI=1S/C17H16F2N2O3/c1-24-14-9-15(22)21-7-3-2-4-13(21)16(14)17(23)20-10-5-6-11(18)12(19)8-10/h5-6,8-9H,2-4,7H2,1H3,(H,20,23). The molecule has 2 aromatic rings. The van der Waals surface area contributed by atoms with E-state index in [0.29, 0.717) is 18.7 Å². The maximum atomic E-state index is 13.3. The van der Waals surface area contributed by atoms with Gasteiger partial charge in [0.25, 0.3) is 11.5 Å². The molecular weight excluding hydrogens is 318 g/mol. The Morgan fingerprint density at radius 1 is 1.21 bits per heavy atom. The SMILES string of the molecule is COc1cc(=O)n2c(c1C(=O)Nc1ccc(F)c(F)c1)CCCC2. The van der Waals surface area contributed by atoms with Crippen molar-refractivity contribution < 1.29 is 18.3 Å². The largest absolute Gasteiger partial charge is 0.496 e. The highest BCUT2D eigenvalue weighted by Gasteiger charge is 2.24. The second-order valence-electron chi connectivity index (χ2n) is 5.56. The number of nitrogens with one attached hydrogen (secondary N) is 1. The molecule has 2 heterocycles. The number of carbonyl (C=O) groups excluding carboxylic acids is 1. The van der Waals surface area contributed by atoms with E-state index in [1.54, 1.807) is 4.57 Å². The molecule has 126 valence electrons. The number of hydrogen-bond acceptors (Lipinski definition) is 3. The first kappa shape index (κ1) is 16.2. The highest BCUT2D eigenvalue weighted by Crippen LogP contribution is 2.26. The smallest absolute Gasteiger partial charge is 0.261 e. The van der Waals surface area contributed by atoms with Crippen molar-refractivity contribution in [2.24, 2.45) is 0 Å². The lowest BCUT2D eigenvalue weighted by atomic mass is 10.0. The van der Waals surface area contributed by atoms with Gasteiger partial charge in [0, 0.05) is 30.1 Å². The number of nitrogens with zero attached hydrogens (tertiary/aromatic N) is 1. The Bertz CT molecular complexity index is 862. The van der Waals surface area contributed by atoms with Gasteiger partial charge in [-0.25, -0.2) is 8.78 Å². The maximum absolute atomic E-state index is 13.3. The number of aromatic nitrogens is 1. The van der Waals surface area contributed by atoms with Crippen LogP contribution in [0.25, 0.3) is 0 Å². The molecule has 0 radical (unpaired) electrons. The summed E-state index contributed by atoms with van der Waals surface area (Å²) in [5.74, 6) is -2.39. The Morgan fingerprint density at radius 2 is 2.00 bits per heavy atom. The lowest BCUT2D eigenvalue weighted by Crippen LogP contribution is -2.30. The van der Waals surface area contributed by atoms with E-state index in [-0.39, 0.29) is 22.6 Å². The molecule has 1 aliphatic heterocycles. The van der Waals surface area contributed by atoms with Gasteiger partial charge < -0.3 is 14.6 Å². The molecule has 3 rings (SSSR count). The van der Waals surface area contributed by atoms with E-state index < -0.39 is 17.5 Å². The quantitative estimate of drug-likeness (QED) is 0.939. The van der Waals surface area contributed by atoms with Crippen molar-refractivity contribution >= 4 is 11.6 Å². The van der Waals surface area contributed by atoms with Gasteiger partial charge in [0.05, 0.1) is 7.11 Å². The average Bonchev–Trinajstić information content (AvgIpc) is 2.58. The van der Waals surface area contributed by atoms with Crippen LogP contribution in [-0.4, -0.2) is 17.6 Å². The first-order valence-corrected chi connectivity index (χ1v) is 7.58. The highest BCUT2D eigenvalue weighted by atomic mass is 19.2. The maximum Gasteiger partial charge on any atom is 0.261 e. The van der Waals surface area contributed by atoms with Crippen LogP contribution >= 0.6 is 0 Å². The van der Waals surface area contributed by atoms with Gasteiger partial charge in [-0.1, -0.05) is 0 Å². The van der Waals surface area contributed by atoms with Crippen molar-refractivity contribution in [2.75, 3.05) is 12.4 Å². The average molecular weight is 334 g/mol. The summed E-state index contributed by atoms with van der Waals surface area (Å²) in [5, 5.41) is 2.53. The third-order valence-corrected chi connectivity index (χ3v) is 4.05. The van der Waals surface area contributed by atoms with E-state index in [4.69, 9.17) is 4.74 Å². The molecular formula is C17H16F2N2O3. The third kappa shape index (κ3) is 2.89. The van der Waals surface area contributed by atoms with Crippen LogP contribution in [0, 0.1) is 11.6 Å². The Morgan fingerprint density at radius 3 is 2.71 bits per heavy atom. The van der Waals surface area contributed by atoms with E-state index in [1.165, 1.54) is 19.2 Å². The summed E-state index contributed by atoms with van der Waals surface area (Å²) in [6, 6.07) is 4.38. The number of rotatable bonds is 3. The number of amides is 1. The van der Waals surface area contributed by atoms with Crippen LogP contribution in [0.2, 0.25) is 0 Å². The van der Waals surface area contributed by atoms with Gasteiger partial charge in [0.2, 0.25) is 0 Å². The molecule has 0 aliphatic carbocycles. The van der Waals surface area contributed by atoms with Crippen molar-refractivity contribution in [2.45, 2.75) is 25.8 Å². The number of carbonyl (C=O) groups is 1. The Hall–Kier alpha value is -2.70. The van der Waals surface area contributed by atoms with E-state index in [2.05, 4.69) is 5.32 Å². The monoisotopic (exact) mass is 334 g/mol. The number of pyridine rings is 1. The molecule has 1 aromatic heterocycles. The van der Waals surface area contributed by atoms with Crippen molar-refractivity contribution in [1.29, 1.82) is 0 Å². The third-order valence-electron chi connectivity index (χ3n) is 4.05. The van der Waals surface area contributed by atoms with Gasteiger partial charge in [0.1, 0.15) is 11.3 Å². The van der Waals surface area contributed by atoms with E-state index in [0.717, 1.165) is 25.0 Å². The van der Waals surface area contributed by atoms with E-state index >= 15 is 0 Å². The highest BCUT2D eigenvalue weighted by molar-refractivity contribution is 6.07. The summed E-state index contributed by atoms with van der Waals surface area (Å²) in [6.45, 7) is 0.545. The first-order valence-electron chi connectivity index (χ1n) is 7.58. The number of ether oxygens (including phenoxy) is 1. The zero-order valence-corrected chi connectivity index (χ0v) is 13.1. The van der Waals surface area contributed by atoms with Crippen LogP contribution in [0.15, 0.2) is 29.1 Å². The lowest BCUT2D eigenvalue weighted by molar-refractivity contribution is 0.102. The molecule has 1 amide bonds. The molecule has 0 saturated carbocycles. The summed E-state index contributed by atoms with van der Waals surface area (Å²) >= 11 is 0. The number of halogens is 2. The predicted octanol–water partition coefficient (Wildman–Crippen LogP) is 2.72. The fourth-order valence-electron chi connectivity index (χ4n) is 2.91. The second kappa shape index (κ2) is 6.43. The van der Waals surface area contributed by atoms with Gasteiger partial charge in [-0.2, -0.15) is 0 Å². The molecule has 0 atom stereocenters. The summed E-state index contributed by atoms with van der Waals surface area (Å²) in [7, 11) is 1.38. The number of methoxy groups -OCH3 is 1. The molecule has 1 N–H and O–H groups in total. The molecule has 0 unspecified atom stereocenters. The fraction of sp³-hybridized carbons (Fsp3) is 0.294. The lowest BCUT2D eigenvalue weighted by Gasteiger charge is -2.22.